The number of ether oxygens (including phenoxy) is 1. The summed E-state index contributed by atoms with van der Waals surface area (Å²) in [4.78, 5) is 28.6. The highest BCUT2D eigenvalue weighted by atomic mass is 32.2. The van der Waals surface area contributed by atoms with E-state index in [9.17, 15) is 18.0 Å². The van der Waals surface area contributed by atoms with Crippen LogP contribution in [-0.4, -0.2) is 51.4 Å². The van der Waals surface area contributed by atoms with Gasteiger partial charge in [-0.3, -0.25) is 13.9 Å². The quantitative estimate of drug-likeness (QED) is 0.299. The van der Waals surface area contributed by atoms with E-state index in [-0.39, 0.29) is 17.3 Å². The van der Waals surface area contributed by atoms with E-state index in [2.05, 4.69) is 5.32 Å². The zero-order valence-corrected chi connectivity index (χ0v) is 24.7. The second kappa shape index (κ2) is 14.0. The normalized spacial score (nSPS) is 11.9. The van der Waals surface area contributed by atoms with Crippen LogP contribution in [0.1, 0.15) is 43.4 Å². The zero-order chi connectivity index (χ0) is 29.3. The Labute approximate surface area is 238 Å². The Morgan fingerprint density at radius 3 is 2.33 bits per heavy atom. The van der Waals surface area contributed by atoms with Crippen LogP contribution in [0, 0.1) is 13.8 Å². The van der Waals surface area contributed by atoms with E-state index >= 15 is 0 Å². The number of nitrogens with zero attached hydrogens (tertiary/aromatic N) is 2. The average Bonchev–Trinajstić information content (AvgIpc) is 2.95. The molecule has 0 aliphatic rings. The molecule has 0 radical (unpaired) electrons. The highest BCUT2D eigenvalue weighted by Gasteiger charge is 2.33. The predicted molar refractivity (Wildman–Crippen MR) is 158 cm³/mol. The van der Waals surface area contributed by atoms with Gasteiger partial charge in [-0.1, -0.05) is 61.4 Å². The number of carbonyl (C=O) groups excluding carboxylic acids is 2. The second-order valence-electron chi connectivity index (χ2n) is 9.80. The average molecular weight is 566 g/mol. The van der Waals surface area contributed by atoms with E-state index in [1.165, 1.54) is 17.0 Å². The van der Waals surface area contributed by atoms with Gasteiger partial charge in [-0.05, 0) is 68.7 Å². The second-order valence-corrected chi connectivity index (χ2v) is 11.7. The van der Waals surface area contributed by atoms with Crippen LogP contribution in [-0.2, 0) is 26.2 Å². The first-order valence-corrected chi connectivity index (χ1v) is 14.9. The molecular weight excluding hydrogens is 526 g/mol. The molecule has 0 aliphatic carbocycles. The molecule has 0 unspecified atom stereocenters. The van der Waals surface area contributed by atoms with E-state index in [0.29, 0.717) is 23.5 Å². The number of hydrogen-bond donors (Lipinski definition) is 1. The van der Waals surface area contributed by atoms with Gasteiger partial charge in [0.05, 0.1) is 17.7 Å². The third-order valence-corrected chi connectivity index (χ3v) is 8.53. The van der Waals surface area contributed by atoms with Gasteiger partial charge in [-0.25, -0.2) is 8.42 Å². The van der Waals surface area contributed by atoms with Gasteiger partial charge < -0.3 is 15.0 Å². The number of sulfonamides is 1. The van der Waals surface area contributed by atoms with E-state index in [4.69, 9.17) is 4.74 Å². The first kappa shape index (κ1) is 30.7. The fourth-order valence-electron chi connectivity index (χ4n) is 4.28. The lowest BCUT2D eigenvalue weighted by atomic mass is 10.1. The summed E-state index contributed by atoms with van der Waals surface area (Å²) in [7, 11) is -2.55. The first-order chi connectivity index (χ1) is 19.1. The van der Waals surface area contributed by atoms with Crippen molar-refractivity contribution in [1.82, 2.24) is 10.2 Å². The van der Waals surface area contributed by atoms with E-state index in [1.54, 1.807) is 63.4 Å². The Balaban J connectivity index is 2.02. The third-order valence-electron chi connectivity index (χ3n) is 6.76. The minimum absolute atomic E-state index is 0.0823. The molecule has 9 heteroatoms. The van der Waals surface area contributed by atoms with Crippen LogP contribution >= 0.6 is 0 Å². The molecule has 8 nitrogen and oxygen atoms in total. The first-order valence-electron chi connectivity index (χ1n) is 13.4. The van der Waals surface area contributed by atoms with E-state index < -0.39 is 28.5 Å². The number of nitrogens with one attached hydrogen (secondary N) is 1. The maximum atomic E-state index is 14.0. The molecule has 0 saturated carbocycles. The Hall–Kier alpha value is -3.85. The van der Waals surface area contributed by atoms with Crippen LogP contribution in [0.4, 0.5) is 5.69 Å². The number of benzene rings is 3. The summed E-state index contributed by atoms with van der Waals surface area (Å²) in [5, 5.41) is 2.89. The molecule has 40 heavy (non-hydrogen) atoms. The maximum absolute atomic E-state index is 14.0. The van der Waals surface area contributed by atoms with Crippen LogP contribution < -0.4 is 14.4 Å². The molecule has 3 rings (SSSR count). The third kappa shape index (κ3) is 7.63. The minimum atomic E-state index is -4.10. The van der Waals surface area contributed by atoms with Crippen molar-refractivity contribution in [2.24, 2.45) is 0 Å². The molecule has 0 aliphatic heterocycles. The van der Waals surface area contributed by atoms with Crippen molar-refractivity contribution in [2.75, 3.05) is 24.5 Å². The molecule has 2 amide bonds. The SMILES string of the molecule is CCCCNC(=O)[C@H](C)N(Cc1cccc(OC)c1)C(=O)CN(c1ccccc1C)S(=O)(=O)c1ccc(C)cc1. The fourth-order valence-corrected chi connectivity index (χ4v) is 5.76. The Bertz CT molecular complexity index is 1410. The van der Waals surface area contributed by atoms with E-state index in [1.807, 2.05) is 32.0 Å². The molecule has 214 valence electrons. The highest BCUT2D eigenvalue weighted by Crippen LogP contribution is 2.27. The standard InChI is InChI=1S/C31H39N3O5S/c1-6-7-19-32-31(36)25(4)33(21-26-12-10-13-27(20-26)39-5)30(35)22-34(29-14-9-8-11-24(29)3)40(37,38)28-17-15-23(2)16-18-28/h8-18,20,25H,6-7,19,21-22H2,1-5H3,(H,32,36)/t25-/m0/s1. The van der Waals surface area contributed by atoms with Gasteiger partial charge in [-0.2, -0.15) is 0 Å². The Kier molecular flexibility index (Phi) is 10.7. The molecule has 1 atom stereocenters. The number of unbranched alkanes of at least 4 members (excludes halogenated alkanes) is 1. The fraction of sp³-hybridized carbons (Fsp3) is 0.355. The van der Waals surface area contributed by atoms with Crippen LogP contribution in [0.15, 0.2) is 77.7 Å². The predicted octanol–water partition coefficient (Wildman–Crippen LogP) is 4.84. The number of carbonyl (C=O) groups is 2. The molecule has 0 aromatic heterocycles. The van der Waals surface area contributed by atoms with Crippen molar-refractivity contribution in [2.45, 2.75) is 58.0 Å². The lowest BCUT2D eigenvalue weighted by molar-refractivity contribution is -0.139. The monoisotopic (exact) mass is 565 g/mol. The van der Waals surface area contributed by atoms with E-state index in [0.717, 1.165) is 28.3 Å². The summed E-state index contributed by atoms with van der Waals surface area (Å²) in [6, 6.07) is 20.0. The van der Waals surface area contributed by atoms with Crippen molar-refractivity contribution in [3.8, 4) is 5.75 Å². The van der Waals surface area contributed by atoms with Crippen molar-refractivity contribution in [3.05, 3.63) is 89.5 Å². The van der Waals surface area contributed by atoms with Gasteiger partial charge in [0.25, 0.3) is 10.0 Å². The van der Waals surface area contributed by atoms with Crippen LogP contribution in [0.3, 0.4) is 0 Å². The summed E-state index contributed by atoms with van der Waals surface area (Å²) in [6.45, 7) is 7.49. The number of amides is 2. The van der Waals surface area contributed by atoms with Crippen molar-refractivity contribution in [3.63, 3.8) is 0 Å². The molecule has 0 heterocycles. The summed E-state index contributed by atoms with van der Waals surface area (Å²) in [5.74, 6) is -0.179. The summed E-state index contributed by atoms with van der Waals surface area (Å²) < 4.78 is 34.3. The largest absolute Gasteiger partial charge is 0.497 e. The van der Waals surface area contributed by atoms with Crippen molar-refractivity contribution >= 4 is 27.5 Å². The highest BCUT2D eigenvalue weighted by molar-refractivity contribution is 7.92. The lowest BCUT2D eigenvalue weighted by Crippen LogP contribution is -2.51. The van der Waals surface area contributed by atoms with Gasteiger partial charge in [0, 0.05) is 13.1 Å². The number of anilines is 1. The van der Waals surface area contributed by atoms with Gasteiger partial charge in [0.2, 0.25) is 11.8 Å². The Morgan fingerprint density at radius 1 is 0.975 bits per heavy atom. The summed E-state index contributed by atoms with van der Waals surface area (Å²) in [5.41, 5.74) is 2.78. The molecule has 0 bridgehead atoms. The van der Waals surface area contributed by atoms with Gasteiger partial charge in [0.1, 0.15) is 18.3 Å². The molecule has 1 N–H and O–H groups in total. The number of aryl methyl sites for hydroxylation is 2. The summed E-state index contributed by atoms with van der Waals surface area (Å²) >= 11 is 0. The van der Waals surface area contributed by atoms with Gasteiger partial charge >= 0.3 is 0 Å². The lowest BCUT2D eigenvalue weighted by Gasteiger charge is -2.32. The van der Waals surface area contributed by atoms with Crippen LogP contribution in [0.25, 0.3) is 0 Å². The number of methoxy groups -OCH3 is 1. The molecule has 0 saturated heterocycles. The van der Waals surface area contributed by atoms with Crippen LogP contribution in [0.5, 0.6) is 5.75 Å². The zero-order valence-electron chi connectivity index (χ0n) is 23.9. The Morgan fingerprint density at radius 2 is 1.68 bits per heavy atom. The van der Waals surface area contributed by atoms with Crippen molar-refractivity contribution < 1.29 is 22.7 Å². The minimum Gasteiger partial charge on any atom is -0.497 e. The molecule has 3 aromatic carbocycles. The summed E-state index contributed by atoms with van der Waals surface area (Å²) in [6.07, 6.45) is 1.74. The molecule has 0 spiro atoms. The molecule has 0 fully saturated rings. The molecule has 3 aromatic rings. The number of rotatable bonds is 13. The topological polar surface area (TPSA) is 96.0 Å². The van der Waals surface area contributed by atoms with Crippen LogP contribution in [0.2, 0.25) is 0 Å². The van der Waals surface area contributed by atoms with Gasteiger partial charge in [-0.15, -0.1) is 0 Å². The van der Waals surface area contributed by atoms with Gasteiger partial charge in [0.15, 0.2) is 0 Å². The number of hydrogen-bond acceptors (Lipinski definition) is 5. The maximum Gasteiger partial charge on any atom is 0.264 e. The number of para-hydroxylation sites is 1. The van der Waals surface area contributed by atoms with Crippen molar-refractivity contribution in [1.29, 1.82) is 0 Å². The molecular formula is C31H39N3O5S. The smallest absolute Gasteiger partial charge is 0.264 e.